The summed E-state index contributed by atoms with van der Waals surface area (Å²) in [4.78, 5) is 20.6. The van der Waals surface area contributed by atoms with E-state index < -0.39 is 5.91 Å². The quantitative estimate of drug-likeness (QED) is 0.403. The highest BCUT2D eigenvalue weighted by Gasteiger charge is 2.16. The molecule has 1 aromatic heterocycles. The number of rotatable bonds is 7. The molecule has 0 aliphatic carbocycles. The number of nitrogens with zero attached hydrogens (tertiary/aromatic N) is 2. The van der Waals surface area contributed by atoms with Gasteiger partial charge >= 0.3 is 0 Å². The van der Waals surface area contributed by atoms with Gasteiger partial charge in [0.2, 0.25) is 5.88 Å². The Labute approximate surface area is 184 Å². The Morgan fingerprint density at radius 1 is 1.20 bits per heavy atom. The molecule has 9 heteroatoms. The third-order valence-electron chi connectivity index (χ3n) is 3.94. The second-order valence-corrected chi connectivity index (χ2v) is 6.76. The van der Waals surface area contributed by atoms with Crippen LogP contribution in [-0.4, -0.2) is 23.0 Å². The van der Waals surface area contributed by atoms with Crippen LogP contribution in [0.1, 0.15) is 28.9 Å². The normalized spacial score (nSPS) is 10.1. The first kappa shape index (κ1) is 23.4. The van der Waals surface area contributed by atoms with Crippen molar-refractivity contribution >= 4 is 30.1 Å². The average Bonchev–Trinajstić information content (AvgIpc) is 2.72. The molecule has 1 heterocycles. The van der Waals surface area contributed by atoms with Crippen molar-refractivity contribution < 1.29 is 18.7 Å². The first-order valence-electron chi connectivity index (χ1n) is 8.50. The minimum atomic E-state index is -0.426. The highest BCUT2D eigenvalue weighted by molar-refractivity contribution is 7.80. The molecule has 30 heavy (non-hydrogen) atoms. The van der Waals surface area contributed by atoms with Crippen LogP contribution < -0.4 is 14.8 Å². The monoisotopic (exact) mass is 449 g/mol. The zero-order valence-corrected chi connectivity index (χ0v) is 17.0. The zero-order chi connectivity index (χ0) is 20.8. The standard InChI is InChI=1S/C20H17ClFN3O3S.CH4/c1-27-17-7-4-13(8-16(17)21)11-28-19-15(10-24-20(29)25-19)18(26)23-9-12-2-5-14(22)6-3-12;/h2-8,10H,9,11H2,1H3,(H,23,26)(H,24,25,29);1H4. The maximum Gasteiger partial charge on any atom is 0.258 e. The number of hydrogen-bond donors (Lipinski definition) is 2. The number of aromatic nitrogens is 2. The Morgan fingerprint density at radius 3 is 2.57 bits per heavy atom. The fourth-order valence-electron chi connectivity index (χ4n) is 2.45. The molecule has 3 aromatic rings. The average molecular weight is 450 g/mol. The van der Waals surface area contributed by atoms with E-state index in [9.17, 15) is 9.18 Å². The highest BCUT2D eigenvalue weighted by atomic mass is 35.5. The largest absolute Gasteiger partial charge is 0.495 e. The Balaban J connectivity index is 0.00000320. The lowest BCUT2D eigenvalue weighted by Crippen LogP contribution is -2.24. The summed E-state index contributed by atoms with van der Waals surface area (Å²) in [6.07, 6.45) is 1.34. The lowest BCUT2D eigenvalue weighted by atomic mass is 10.2. The van der Waals surface area contributed by atoms with Crippen molar-refractivity contribution in [1.29, 1.82) is 0 Å². The molecular weight excluding hydrogens is 429 g/mol. The number of benzene rings is 2. The van der Waals surface area contributed by atoms with E-state index in [4.69, 9.17) is 21.1 Å². The Bertz CT molecular complexity index is 1020. The van der Waals surface area contributed by atoms with Crippen LogP contribution in [0.25, 0.3) is 0 Å². The van der Waals surface area contributed by atoms with Gasteiger partial charge in [-0.25, -0.2) is 9.37 Å². The smallest absolute Gasteiger partial charge is 0.258 e. The lowest BCUT2D eigenvalue weighted by molar-refractivity contribution is 0.0944. The molecule has 0 saturated heterocycles. The maximum absolute atomic E-state index is 13.0. The summed E-state index contributed by atoms with van der Waals surface area (Å²) < 4.78 is 23.8. The zero-order valence-electron chi connectivity index (χ0n) is 15.4. The van der Waals surface area contributed by atoms with Gasteiger partial charge in [0.15, 0.2) is 5.16 Å². The number of carbonyl (C=O) groups excluding carboxylic acids is 1. The summed E-state index contributed by atoms with van der Waals surface area (Å²) in [7, 11) is 1.53. The third kappa shape index (κ3) is 6.08. The predicted molar refractivity (Wildman–Crippen MR) is 116 cm³/mol. The van der Waals surface area contributed by atoms with E-state index in [1.165, 1.54) is 25.4 Å². The number of methoxy groups -OCH3 is 1. The van der Waals surface area contributed by atoms with Crippen molar-refractivity contribution in [2.75, 3.05) is 7.11 Å². The van der Waals surface area contributed by atoms with Gasteiger partial charge in [-0.15, -0.1) is 12.6 Å². The van der Waals surface area contributed by atoms with Gasteiger partial charge in [-0.3, -0.25) is 4.79 Å². The first-order valence-corrected chi connectivity index (χ1v) is 9.32. The number of hydrogen-bond acceptors (Lipinski definition) is 6. The second kappa shape index (κ2) is 10.8. The number of carbonyl (C=O) groups is 1. The second-order valence-electron chi connectivity index (χ2n) is 5.96. The number of halogens is 2. The number of amides is 1. The van der Waals surface area contributed by atoms with Crippen molar-refractivity contribution in [3.63, 3.8) is 0 Å². The molecule has 3 rings (SSSR count). The summed E-state index contributed by atoms with van der Waals surface area (Å²) in [6.45, 7) is 0.349. The summed E-state index contributed by atoms with van der Waals surface area (Å²) in [5, 5.41) is 3.35. The number of thiol groups is 1. The van der Waals surface area contributed by atoms with Crippen LogP contribution in [0.3, 0.4) is 0 Å². The molecule has 0 atom stereocenters. The minimum Gasteiger partial charge on any atom is -0.495 e. The van der Waals surface area contributed by atoms with Crippen molar-refractivity contribution in [2.45, 2.75) is 25.7 Å². The molecule has 2 aromatic carbocycles. The van der Waals surface area contributed by atoms with Crippen molar-refractivity contribution in [2.24, 2.45) is 0 Å². The van der Waals surface area contributed by atoms with Crippen molar-refractivity contribution in [1.82, 2.24) is 15.3 Å². The lowest BCUT2D eigenvalue weighted by Gasteiger charge is -2.12. The Morgan fingerprint density at radius 2 is 1.90 bits per heavy atom. The molecule has 0 fully saturated rings. The highest BCUT2D eigenvalue weighted by Crippen LogP contribution is 2.26. The van der Waals surface area contributed by atoms with E-state index in [2.05, 4.69) is 27.9 Å². The van der Waals surface area contributed by atoms with E-state index in [1.807, 2.05) is 0 Å². The molecule has 0 bridgehead atoms. The number of ether oxygens (including phenoxy) is 2. The molecular formula is C21H21ClFN3O3S. The van der Waals surface area contributed by atoms with Crippen LogP contribution in [0.5, 0.6) is 11.6 Å². The van der Waals surface area contributed by atoms with Crippen LogP contribution in [0, 0.1) is 5.82 Å². The van der Waals surface area contributed by atoms with Crippen LogP contribution >= 0.6 is 24.2 Å². The Kier molecular flexibility index (Phi) is 8.44. The molecule has 0 aliphatic rings. The fraction of sp³-hybridized carbons (Fsp3) is 0.190. The fourth-order valence-corrected chi connectivity index (χ4v) is 2.88. The van der Waals surface area contributed by atoms with Gasteiger partial charge < -0.3 is 14.8 Å². The van der Waals surface area contributed by atoms with Crippen LogP contribution in [0.2, 0.25) is 5.02 Å². The SMILES string of the molecule is C.COc1ccc(COc2nc(S)ncc2C(=O)NCc2ccc(F)cc2)cc1Cl. The Hall–Kier alpha value is -2.84. The van der Waals surface area contributed by atoms with Crippen molar-refractivity contribution in [3.8, 4) is 11.6 Å². The van der Waals surface area contributed by atoms with Gasteiger partial charge in [-0.2, -0.15) is 4.98 Å². The number of nitrogens with one attached hydrogen (secondary N) is 1. The molecule has 0 saturated carbocycles. The molecule has 158 valence electrons. The molecule has 0 unspecified atom stereocenters. The summed E-state index contributed by atoms with van der Waals surface area (Å²) in [6, 6.07) is 11.1. The molecule has 0 radical (unpaired) electrons. The topological polar surface area (TPSA) is 73.3 Å². The first-order chi connectivity index (χ1) is 14.0. The van der Waals surface area contributed by atoms with Crippen molar-refractivity contribution in [3.05, 3.63) is 76.2 Å². The summed E-state index contributed by atoms with van der Waals surface area (Å²) in [5.41, 5.74) is 1.68. The van der Waals surface area contributed by atoms with Gasteiger partial charge in [0.25, 0.3) is 5.91 Å². The molecule has 6 nitrogen and oxygen atoms in total. The molecule has 1 amide bonds. The summed E-state index contributed by atoms with van der Waals surface area (Å²) in [5.74, 6) is -0.123. The molecule has 0 aliphatic heterocycles. The van der Waals surface area contributed by atoms with Gasteiger partial charge in [-0.1, -0.05) is 37.2 Å². The predicted octanol–water partition coefficient (Wildman–Crippen LogP) is 4.71. The van der Waals surface area contributed by atoms with Gasteiger partial charge in [0.1, 0.15) is 23.7 Å². The van der Waals surface area contributed by atoms with E-state index in [-0.39, 0.29) is 43.0 Å². The maximum atomic E-state index is 13.0. The minimum absolute atomic E-state index is 0. The van der Waals surface area contributed by atoms with Crippen LogP contribution in [0.4, 0.5) is 4.39 Å². The van der Waals surface area contributed by atoms with Gasteiger partial charge in [0.05, 0.1) is 12.1 Å². The van der Waals surface area contributed by atoms with E-state index in [0.29, 0.717) is 10.8 Å². The summed E-state index contributed by atoms with van der Waals surface area (Å²) >= 11 is 10.2. The van der Waals surface area contributed by atoms with E-state index >= 15 is 0 Å². The van der Waals surface area contributed by atoms with Gasteiger partial charge in [0, 0.05) is 12.7 Å². The van der Waals surface area contributed by atoms with E-state index in [0.717, 1.165) is 11.1 Å². The third-order valence-corrected chi connectivity index (χ3v) is 4.45. The van der Waals surface area contributed by atoms with Crippen LogP contribution in [-0.2, 0) is 13.2 Å². The van der Waals surface area contributed by atoms with E-state index in [1.54, 1.807) is 30.3 Å². The molecule has 1 N–H and O–H groups in total. The van der Waals surface area contributed by atoms with Crippen LogP contribution in [0.15, 0.2) is 53.8 Å². The molecule has 0 spiro atoms. The van der Waals surface area contributed by atoms with Gasteiger partial charge in [-0.05, 0) is 35.4 Å².